The minimum Gasteiger partial charge on any atom is -0.468 e. The van der Waals surface area contributed by atoms with E-state index in [2.05, 4.69) is 0 Å². The second-order valence-corrected chi connectivity index (χ2v) is 8.25. The third kappa shape index (κ3) is 1.43. The molecular formula is C18H18O7. The molecule has 8 atom stereocenters. The van der Waals surface area contributed by atoms with Crippen molar-refractivity contribution in [3.8, 4) is 0 Å². The molecule has 7 rings (SSSR count). The van der Waals surface area contributed by atoms with E-state index < -0.39 is 29.2 Å². The van der Waals surface area contributed by atoms with Crippen LogP contribution in [0.2, 0.25) is 0 Å². The van der Waals surface area contributed by atoms with Gasteiger partial charge in [-0.15, -0.1) is 0 Å². The average Bonchev–Trinajstić information content (AvgIpc) is 3.18. The molecule has 3 saturated heterocycles. The van der Waals surface area contributed by atoms with Crippen LogP contribution >= 0.6 is 0 Å². The van der Waals surface area contributed by atoms with E-state index >= 15 is 0 Å². The van der Waals surface area contributed by atoms with Crippen molar-refractivity contribution in [1.29, 1.82) is 0 Å². The van der Waals surface area contributed by atoms with E-state index in [1.54, 1.807) is 6.07 Å². The second-order valence-electron chi connectivity index (χ2n) is 8.25. The van der Waals surface area contributed by atoms with Gasteiger partial charge in [0, 0.05) is 23.7 Å². The molecular weight excluding hydrogens is 328 g/mol. The van der Waals surface area contributed by atoms with Gasteiger partial charge in [0.2, 0.25) is 5.79 Å². The fraction of sp³-hybridized carbons (Fsp3) is 0.667. The zero-order valence-corrected chi connectivity index (χ0v) is 13.4. The summed E-state index contributed by atoms with van der Waals surface area (Å²) in [6, 6.07) is 1.70. The van der Waals surface area contributed by atoms with Crippen LogP contribution in [0.5, 0.6) is 0 Å². The summed E-state index contributed by atoms with van der Waals surface area (Å²) in [5.41, 5.74) is 0.0515. The Morgan fingerprint density at radius 2 is 2.12 bits per heavy atom. The summed E-state index contributed by atoms with van der Waals surface area (Å²) in [7, 11) is 0. The van der Waals surface area contributed by atoms with Gasteiger partial charge in [-0.1, -0.05) is 0 Å². The Labute approximate surface area is 142 Å². The summed E-state index contributed by atoms with van der Waals surface area (Å²) >= 11 is 0. The van der Waals surface area contributed by atoms with Gasteiger partial charge in [0.1, 0.15) is 23.9 Å². The largest absolute Gasteiger partial charge is 0.468 e. The fourth-order valence-corrected chi connectivity index (χ4v) is 6.52. The predicted octanol–water partition coefficient (Wildman–Crippen LogP) is 0.597. The van der Waals surface area contributed by atoms with Crippen molar-refractivity contribution < 1.29 is 33.7 Å². The highest BCUT2D eigenvalue weighted by molar-refractivity contribution is 5.98. The summed E-state index contributed by atoms with van der Waals surface area (Å²) < 4.78 is 16.9. The molecule has 5 fully saturated rings. The lowest BCUT2D eigenvalue weighted by molar-refractivity contribution is -0.381. The Morgan fingerprint density at radius 3 is 2.92 bits per heavy atom. The lowest BCUT2D eigenvalue weighted by Gasteiger charge is -2.64. The van der Waals surface area contributed by atoms with E-state index in [4.69, 9.17) is 13.9 Å². The van der Waals surface area contributed by atoms with Gasteiger partial charge in [-0.2, -0.15) is 0 Å². The van der Waals surface area contributed by atoms with Crippen LogP contribution < -0.4 is 0 Å². The maximum atomic E-state index is 12.6. The van der Waals surface area contributed by atoms with E-state index in [-0.39, 0.29) is 36.2 Å². The van der Waals surface area contributed by atoms with Gasteiger partial charge in [0.05, 0.1) is 18.4 Å². The molecule has 1 aromatic heterocycles. The van der Waals surface area contributed by atoms with Crippen molar-refractivity contribution in [1.82, 2.24) is 0 Å². The van der Waals surface area contributed by atoms with Crippen LogP contribution in [-0.2, 0) is 14.3 Å². The molecule has 132 valence electrons. The van der Waals surface area contributed by atoms with Gasteiger partial charge < -0.3 is 24.1 Å². The lowest BCUT2D eigenvalue weighted by Crippen LogP contribution is -2.73. The molecule has 25 heavy (non-hydrogen) atoms. The maximum absolute atomic E-state index is 12.6. The molecule has 4 heterocycles. The normalized spacial score (nSPS) is 52.4. The summed E-state index contributed by atoms with van der Waals surface area (Å²) in [5, 5.41) is 21.3. The quantitative estimate of drug-likeness (QED) is 0.663. The molecule has 8 unspecified atom stereocenters. The van der Waals surface area contributed by atoms with Crippen molar-refractivity contribution >= 4 is 11.8 Å². The Bertz CT molecular complexity index is 814. The van der Waals surface area contributed by atoms with E-state index in [0.29, 0.717) is 30.6 Å². The molecule has 7 nitrogen and oxygen atoms in total. The number of carbonyl (C=O) groups excluding carboxylic acids is 2. The molecule has 7 heteroatoms. The summed E-state index contributed by atoms with van der Waals surface area (Å²) in [5.74, 6) is -2.94. The van der Waals surface area contributed by atoms with Crippen molar-refractivity contribution in [3.63, 3.8) is 0 Å². The van der Waals surface area contributed by atoms with Crippen LogP contribution in [0.15, 0.2) is 16.7 Å². The van der Waals surface area contributed by atoms with Crippen molar-refractivity contribution in [3.05, 3.63) is 23.7 Å². The second kappa shape index (κ2) is 4.16. The number of rotatable bonds is 0. The number of ether oxygens (including phenoxy) is 2. The third-order valence-corrected chi connectivity index (χ3v) is 7.46. The molecule has 2 N–H and O–H groups in total. The van der Waals surface area contributed by atoms with Gasteiger partial charge in [-0.25, -0.2) is 0 Å². The standard InChI is InChI=1S/C18H18O7/c19-10-4-9-8(15-7(10)1-2-23-15)3-11-13-14(16(21)25-11)18(22)12(20)5-17(9,13)6-24-18/h1-2,8-9,11-14,20,22H,3-6H2. The minimum atomic E-state index is -1.88. The van der Waals surface area contributed by atoms with Gasteiger partial charge in [-0.05, 0) is 24.8 Å². The Hall–Kier alpha value is -1.70. The van der Waals surface area contributed by atoms with Crippen LogP contribution in [0.4, 0.5) is 0 Å². The molecule has 2 bridgehead atoms. The molecule has 0 amide bonds. The van der Waals surface area contributed by atoms with Crippen LogP contribution in [0, 0.1) is 23.2 Å². The number of Topliss-reactive ketones (excluding diaryl/α,β-unsaturated/α-hetero) is 1. The smallest absolute Gasteiger partial charge is 0.315 e. The summed E-state index contributed by atoms with van der Waals surface area (Å²) in [6.45, 7) is 0.222. The molecule has 1 aromatic rings. The van der Waals surface area contributed by atoms with E-state index in [0.717, 1.165) is 0 Å². The summed E-state index contributed by atoms with van der Waals surface area (Å²) in [6.07, 6.45) is 1.26. The van der Waals surface area contributed by atoms with Gasteiger partial charge in [-0.3, -0.25) is 9.59 Å². The molecule has 0 radical (unpaired) electrons. The first kappa shape index (κ1) is 14.5. The topological polar surface area (TPSA) is 106 Å². The highest BCUT2D eigenvalue weighted by Crippen LogP contribution is 2.69. The Balaban J connectivity index is 1.55. The van der Waals surface area contributed by atoms with Crippen molar-refractivity contribution in [2.45, 2.75) is 43.2 Å². The molecule has 3 aliphatic carbocycles. The number of fused-ring (bicyclic) bond motifs is 5. The monoisotopic (exact) mass is 346 g/mol. The highest BCUT2D eigenvalue weighted by Gasteiger charge is 2.77. The SMILES string of the molecule is O=C1CC2C(CC3OC(=O)C4C3C23COC4(O)C(O)C3)c2occc21. The first-order valence-electron chi connectivity index (χ1n) is 8.81. The first-order chi connectivity index (χ1) is 12.0. The number of aliphatic hydroxyl groups is 2. The fourth-order valence-electron chi connectivity index (χ4n) is 6.52. The van der Waals surface area contributed by atoms with E-state index in [9.17, 15) is 19.8 Å². The number of carbonyl (C=O) groups is 2. The van der Waals surface area contributed by atoms with Crippen LogP contribution in [0.25, 0.3) is 0 Å². The third-order valence-electron chi connectivity index (χ3n) is 7.46. The van der Waals surface area contributed by atoms with Crippen LogP contribution in [-0.4, -0.2) is 46.6 Å². The lowest BCUT2D eigenvalue weighted by atomic mass is 9.44. The minimum absolute atomic E-state index is 0.0283. The molecule has 0 aromatic carbocycles. The molecule has 6 aliphatic rings. The van der Waals surface area contributed by atoms with Gasteiger partial charge in [0.15, 0.2) is 5.78 Å². The first-order valence-corrected chi connectivity index (χ1v) is 8.81. The highest BCUT2D eigenvalue weighted by atomic mass is 16.7. The predicted molar refractivity (Wildman–Crippen MR) is 79.3 cm³/mol. The van der Waals surface area contributed by atoms with Crippen LogP contribution in [0.1, 0.15) is 41.3 Å². The Kier molecular flexibility index (Phi) is 2.41. The molecule has 2 saturated carbocycles. The van der Waals surface area contributed by atoms with Crippen LogP contribution in [0.3, 0.4) is 0 Å². The Morgan fingerprint density at radius 1 is 1.28 bits per heavy atom. The maximum Gasteiger partial charge on any atom is 0.315 e. The average molecular weight is 346 g/mol. The zero-order valence-electron chi connectivity index (χ0n) is 13.4. The number of hydrogen-bond acceptors (Lipinski definition) is 7. The van der Waals surface area contributed by atoms with Gasteiger partial charge in [0.25, 0.3) is 0 Å². The molecule has 1 spiro atoms. The molecule has 3 aliphatic heterocycles. The number of hydrogen-bond donors (Lipinski definition) is 2. The zero-order chi connectivity index (χ0) is 17.1. The van der Waals surface area contributed by atoms with E-state index in [1.165, 1.54) is 6.26 Å². The number of esters is 1. The number of ketones is 1. The van der Waals surface area contributed by atoms with E-state index in [1.807, 2.05) is 0 Å². The summed E-state index contributed by atoms with van der Waals surface area (Å²) in [4.78, 5) is 25.1. The number of aliphatic hydroxyl groups excluding tert-OH is 1. The van der Waals surface area contributed by atoms with Crippen molar-refractivity contribution in [2.75, 3.05) is 6.61 Å². The van der Waals surface area contributed by atoms with Gasteiger partial charge >= 0.3 is 5.97 Å². The number of furan rings is 1. The van der Waals surface area contributed by atoms with Crippen molar-refractivity contribution in [2.24, 2.45) is 23.2 Å².